The van der Waals surface area contributed by atoms with E-state index in [1.807, 2.05) is 0 Å². The molecule has 170 valence electrons. The van der Waals surface area contributed by atoms with Crippen LogP contribution in [0.3, 0.4) is 0 Å². The zero-order valence-electron chi connectivity index (χ0n) is 17.0. The Bertz CT molecular complexity index is 1340. The van der Waals surface area contributed by atoms with Crippen LogP contribution in [0.5, 0.6) is 0 Å². The van der Waals surface area contributed by atoms with Gasteiger partial charge in [0, 0.05) is 30.4 Å². The predicted molar refractivity (Wildman–Crippen MR) is 115 cm³/mol. The largest absolute Gasteiger partial charge is 0.471 e. The number of alkyl halides is 3. The molecule has 4 rings (SSSR count). The van der Waals surface area contributed by atoms with Crippen LogP contribution >= 0.6 is 11.6 Å². The molecule has 0 saturated heterocycles. The van der Waals surface area contributed by atoms with Gasteiger partial charge in [0.25, 0.3) is 10.9 Å². The van der Waals surface area contributed by atoms with Gasteiger partial charge in [0.2, 0.25) is 5.82 Å². The maximum atomic E-state index is 12.6. The van der Waals surface area contributed by atoms with E-state index >= 15 is 0 Å². The fourth-order valence-corrected chi connectivity index (χ4v) is 3.25. The second-order valence-corrected chi connectivity index (χ2v) is 7.61. The number of nitrogens with one attached hydrogen (secondary N) is 1. The third kappa shape index (κ3) is 4.72. The highest BCUT2D eigenvalue weighted by Crippen LogP contribution is 2.29. The average Bonchev–Trinajstić information content (AvgIpc) is 3.28. The highest BCUT2D eigenvalue weighted by Gasteiger charge is 2.38. The third-order valence-corrected chi connectivity index (χ3v) is 5.05. The quantitative estimate of drug-likeness (QED) is 0.402. The van der Waals surface area contributed by atoms with E-state index in [2.05, 4.69) is 25.0 Å². The average molecular weight is 478 g/mol. The molecule has 12 heteroatoms. The lowest BCUT2D eigenvalue weighted by Crippen LogP contribution is -2.41. The van der Waals surface area contributed by atoms with E-state index in [0.717, 1.165) is 5.56 Å². The third-order valence-electron chi connectivity index (χ3n) is 4.80. The SMILES string of the molecule is CN(Cc1ccc(-c2noc(C(F)(F)F)n2)cn1)c1c(NCc2ccc(Cl)cc2)c(=O)c1=O. The molecule has 33 heavy (non-hydrogen) atoms. The summed E-state index contributed by atoms with van der Waals surface area (Å²) < 4.78 is 42.1. The van der Waals surface area contributed by atoms with Crippen molar-refractivity contribution in [1.29, 1.82) is 0 Å². The lowest BCUT2D eigenvalue weighted by molar-refractivity contribution is -0.159. The van der Waals surface area contributed by atoms with Gasteiger partial charge < -0.3 is 14.7 Å². The molecule has 0 unspecified atom stereocenters. The summed E-state index contributed by atoms with van der Waals surface area (Å²) in [7, 11) is 1.63. The number of rotatable bonds is 7. The van der Waals surface area contributed by atoms with E-state index in [1.165, 1.54) is 12.3 Å². The van der Waals surface area contributed by atoms with Gasteiger partial charge in [-0.15, -0.1) is 0 Å². The minimum Gasteiger partial charge on any atom is -0.376 e. The molecule has 2 aromatic heterocycles. The van der Waals surface area contributed by atoms with E-state index in [1.54, 1.807) is 42.3 Å². The van der Waals surface area contributed by atoms with Crippen molar-refractivity contribution >= 4 is 23.0 Å². The fourth-order valence-electron chi connectivity index (χ4n) is 3.13. The van der Waals surface area contributed by atoms with E-state index < -0.39 is 22.9 Å². The summed E-state index contributed by atoms with van der Waals surface area (Å²) in [5.74, 6) is -1.69. The van der Waals surface area contributed by atoms with E-state index in [9.17, 15) is 22.8 Å². The summed E-state index contributed by atoms with van der Waals surface area (Å²) >= 11 is 5.86. The second-order valence-electron chi connectivity index (χ2n) is 7.18. The first-order chi connectivity index (χ1) is 15.6. The molecule has 2 heterocycles. The van der Waals surface area contributed by atoms with Crippen LogP contribution in [0, 0.1) is 0 Å². The molecule has 0 spiro atoms. The van der Waals surface area contributed by atoms with Gasteiger partial charge in [0.1, 0.15) is 11.4 Å². The van der Waals surface area contributed by atoms with E-state index in [0.29, 0.717) is 17.3 Å². The number of pyridine rings is 1. The standard InChI is InChI=1S/C21H15ClF3N5O3/c1-30(16-15(17(31)18(16)32)27-8-11-2-5-13(22)6-3-11)10-14-7-4-12(9-26-14)19-28-20(33-29-19)21(23,24)25/h2-7,9,27H,8,10H2,1H3. The predicted octanol–water partition coefficient (Wildman–Crippen LogP) is 3.65. The fraction of sp³-hybridized carbons (Fsp3) is 0.190. The van der Waals surface area contributed by atoms with Crippen molar-refractivity contribution in [1.82, 2.24) is 15.1 Å². The number of nitrogens with zero attached hydrogens (tertiary/aromatic N) is 4. The summed E-state index contributed by atoms with van der Waals surface area (Å²) in [6.07, 6.45) is -3.43. The zero-order chi connectivity index (χ0) is 23.8. The maximum Gasteiger partial charge on any atom is 0.471 e. The van der Waals surface area contributed by atoms with Gasteiger partial charge in [-0.3, -0.25) is 14.6 Å². The van der Waals surface area contributed by atoms with Gasteiger partial charge >= 0.3 is 12.1 Å². The van der Waals surface area contributed by atoms with Crippen molar-refractivity contribution < 1.29 is 17.7 Å². The highest BCUT2D eigenvalue weighted by molar-refractivity contribution is 6.30. The van der Waals surface area contributed by atoms with Crippen LogP contribution in [-0.4, -0.2) is 22.2 Å². The minimum absolute atomic E-state index is 0.181. The zero-order valence-corrected chi connectivity index (χ0v) is 17.7. The second kappa shape index (κ2) is 8.66. The van der Waals surface area contributed by atoms with Crippen LogP contribution in [0.2, 0.25) is 5.02 Å². The van der Waals surface area contributed by atoms with Crippen LogP contribution in [0.25, 0.3) is 11.4 Å². The molecular formula is C21H15ClF3N5O3. The molecule has 1 N–H and O–H groups in total. The Kier molecular flexibility index (Phi) is 5.90. The van der Waals surface area contributed by atoms with Crippen molar-refractivity contribution in [3.05, 3.63) is 85.2 Å². The van der Waals surface area contributed by atoms with E-state index in [4.69, 9.17) is 11.6 Å². The smallest absolute Gasteiger partial charge is 0.376 e. The van der Waals surface area contributed by atoms with Crippen LogP contribution in [0.4, 0.5) is 24.5 Å². The number of anilines is 2. The monoisotopic (exact) mass is 477 g/mol. The first kappa shape index (κ1) is 22.5. The molecule has 0 saturated carbocycles. The molecule has 8 nitrogen and oxygen atoms in total. The molecule has 0 amide bonds. The number of halogens is 4. The molecule has 0 fully saturated rings. The Morgan fingerprint density at radius 3 is 2.42 bits per heavy atom. The topological polar surface area (TPSA) is 101 Å². The summed E-state index contributed by atoms with van der Waals surface area (Å²) in [5.41, 5.74) is 0.852. The summed E-state index contributed by atoms with van der Waals surface area (Å²) in [6, 6.07) is 10.1. The molecule has 4 aromatic rings. The Labute approximate surface area is 189 Å². The molecule has 0 aliphatic carbocycles. The van der Waals surface area contributed by atoms with Crippen molar-refractivity contribution in [3.63, 3.8) is 0 Å². The van der Waals surface area contributed by atoms with Crippen molar-refractivity contribution in [2.75, 3.05) is 17.3 Å². The summed E-state index contributed by atoms with van der Waals surface area (Å²) in [4.78, 5) is 33.2. The highest BCUT2D eigenvalue weighted by atomic mass is 35.5. The van der Waals surface area contributed by atoms with Gasteiger partial charge in [0.05, 0.1) is 12.2 Å². The molecule has 0 radical (unpaired) electrons. The van der Waals surface area contributed by atoms with Crippen LogP contribution in [0.15, 0.2) is 56.7 Å². The first-order valence-electron chi connectivity index (χ1n) is 9.52. The number of benzene rings is 1. The first-order valence-corrected chi connectivity index (χ1v) is 9.90. The number of hydrogen-bond acceptors (Lipinski definition) is 8. The Morgan fingerprint density at radius 1 is 1.09 bits per heavy atom. The summed E-state index contributed by atoms with van der Waals surface area (Å²) in [5, 5.41) is 6.88. The molecule has 0 aliphatic heterocycles. The van der Waals surface area contributed by atoms with Gasteiger partial charge in [-0.05, 0) is 29.8 Å². The van der Waals surface area contributed by atoms with Crippen molar-refractivity contribution in [2.24, 2.45) is 0 Å². The normalized spacial score (nSPS) is 11.7. The molecular weight excluding hydrogens is 463 g/mol. The lowest BCUT2D eigenvalue weighted by atomic mass is 10.1. The molecule has 0 atom stereocenters. The lowest BCUT2D eigenvalue weighted by Gasteiger charge is -2.23. The van der Waals surface area contributed by atoms with Gasteiger partial charge in [0.15, 0.2) is 0 Å². The number of hydrogen-bond donors (Lipinski definition) is 1. The molecule has 0 bridgehead atoms. The molecule has 2 aromatic carbocycles. The number of aromatic nitrogens is 3. The van der Waals surface area contributed by atoms with Gasteiger partial charge in [-0.25, -0.2) is 0 Å². The van der Waals surface area contributed by atoms with Gasteiger partial charge in [-0.1, -0.05) is 28.9 Å². The van der Waals surface area contributed by atoms with Crippen molar-refractivity contribution in [3.8, 4) is 11.4 Å². The van der Waals surface area contributed by atoms with Crippen LogP contribution < -0.4 is 21.1 Å². The van der Waals surface area contributed by atoms with Gasteiger partial charge in [-0.2, -0.15) is 18.2 Å². The summed E-state index contributed by atoms with van der Waals surface area (Å²) in [6.45, 7) is 0.515. The Morgan fingerprint density at radius 2 is 1.82 bits per heavy atom. The van der Waals surface area contributed by atoms with Crippen LogP contribution in [0.1, 0.15) is 17.1 Å². The maximum absolute atomic E-state index is 12.6. The molecule has 0 aliphatic rings. The van der Waals surface area contributed by atoms with Crippen LogP contribution in [-0.2, 0) is 19.3 Å². The van der Waals surface area contributed by atoms with E-state index in [-0.39, 0.29) is 29.3 Å². The minimum atomic E-state index is -4.74. The Hall–Kier alpha value is -3.73. The Balaban J connectivity index is 1.44. The van der Waals surface area contributed by atoms with Crippen molar-refractivity contribution in [2.45, 2.75) is 19.3 Å².